The molecule has 1 aliphatic carbocycles. The molecule has 1 saturated carbocycles. The minimum absolute atomic E-state index is 0.707. The maximum atomic E-state index is 5.44. The molecule has 3 nitrogen and oxygen atoms in total. The van der Waals surface area contributed by atoms with Crippen LogP contribution in [0.15, 0.2) is 0 Å². The quantitative estimate of drug-likeness (QED) is 0.598. The maximum Gasteiger partial charge on any atom is 0.0700 e. The van der Waals surface area contributed by atoms with Crippen LogP contribution in [-0.4, -0.2) is 39.5 Å². The Morgan fingerprint density at radius 3 is 2.76 bits per heavy atom. The second-order valence-corrected chi connectivity index (χ2v) is 4.97. The van der Waals surface area contributed by atoms with Gasteiger partial charge in [-0.05, 0) is 38.1 Å². The van der Waals surface area contributed by atoms with Crippen molar-refractivity contribution >= 4 is 0 Å². The van der Waals surface area contributed by atoms with Crippen LogP contribution in [0.3, 0.4) is 0 Å². The Kier molecular flexibility index (Phi) is 8.67. The van der Waals surface area contributed by atoms with E-state index in [4.69, 9.17) is 9.47 Å². The molecule has 0 saturated heterocycles. The molecule has 3 heteroatoms. The van der Waals surface area contributed by atoms with Crippen molar-refractivity contribution in [3.05, 3.63) is 0 Å². The van der Waals surface area contributed by atoms with Gasteiger partial charge in [-0.3, -0.25) is 0 Å². The van der Waals surface area contributed by atoms with Crippen molar-refractivity contribution in [1.82, 2.24) is 5.32 Å². The highest BCUT2D eigenvalue weighted by atomic mass is 16.5. The van der Waals surface area contributed by atoms with E-state index in [1.165, 1.54) is 32.1 Å². The Balaban J connectivity index is 1.87. The van der Waals surface area contributed by atoms with E-state index in [1.54, 1.807) is 7.11 Å². The van der Waals surface area contributed by atoms with Crippen molar-refractivity contribution < 1.29 is 9.47 Å². The summed E-state index contributed by atoms with van der Waals surface area (Å²) < 4.78 is 10.4. The zero-order valence-electron chi connectivity index (χ0n) is 11.5. The SMILES string of the molecule is CCC1CCCC1NCCCCOCCOC. The van der Waals surface area contributed by atoms with Crippen molar-refractivity contribution in [3.63, 3.8) is 0 Å². The van der Waals surface area contributed by atoms with E-state index in [9.17, 15) is 0 Å². The zero-order valence-corrected chi connectivity index (χ0v) is 11.5. The van der Waals surface area contributed by atoms with Gasteiger partial charge in [0.1, 0.15) is 0 Å². The Morgan fingerprint density at radius 1 is 1.12 bits per heavy atom. The molecule has 1 rings (SSSR count). The number of nitrogens with one attached hydrogen (secondary N) is 1. The van der Waals surface area contributed by atoms with E-state index in [-0.39, 0.29) is 0 Å². The molecule has 0 amide bonds. The average Bonchev–Trinajstić information content (AvgIpc) is 2.80. The highest BCUT2D eigenvalue weighted by Crippen LogP contribution is 2.27. The van der Waals surface area contributed by atoms with E-state index >= 15 is 0 Å². The monoisotopic (exact) mass is 243 g/mol. The van der Waals surface area contributed by atoms with Crippen LogP contribution >= 0.6 is 0 Å². The summed E-state index contributed by atoms with van der Waals surface area (Å²) in [4.78, 5) is 0. The lowest BCUT2D eigenvalue weighted by Crippen LogP contribution is -2.32. The number of hydrogen-bond donors (Lipinski definition) is 1. The van der Waals surface area contributed by atoms with Crippen LogP contribution in [0.1, 0.15) is 45.4 Å². The van der Waals surface area contributed by atoms with E-state index < -0.39 is 0 Å². The number of hydrogen-bond acceptors (Lipinski definition) is 3. The fourth-order valence-corrected chi connectivity index (χ4v) is 2.66. The van der Waals surface area contributed by atoms with Gasteiger partial charge in [0, 0.05) is 19.8 Å². The molecule has 0 radical (unpaired) electrons. The largest absolute Gasteiger partial charge is 0.382 e. The number of unbranched alkanes of at least 4 members (excludes halogenated alkanes) is 1. The van der Waals surface area contributed by atoms with Gasteiger partial charge in [-0.15, -0.1) is 0 Å². The molecule has 0 aromatic rings. The maximum absolute atomic E-state index is 5.44. The fourth-order valence-electron chi connectivity index (χ4n) is 2.66. The first kappa shape index (κ1) is 14.9. The van der Waals surface area contributed by atoms with Crippen LogP contribution in [0.2, 0.25) is 0 Å². The first-order chi connectivity index (χ1) is 8.38. The van der Waals surface area contributed by atoms with Crippen LogP contribution in [0.25, 0.3) is 0 Å². The van der Waals surface area contributed by atoms with Crippen LogP contribution in [0, 0.1) is 5.92 Å². The zero-order chi connectivity index (χ0) is 12.3. The van der Waals surface area contributed by atoms with E-state index in [0.717, 1.165) is 38.1 Å². The molecule has 1 N–H and O–H groups in total. The highest BCUT2D eigenvalue weighted by molar-refractivity contribution is 4.81. The number of ether oxygens (including phenoxy) is 2. The molecule has 0 heterocycles. The predicted octanol–water partition coefficient (Wildman–Crippen LogP) is 2.60. The summed E-state index contributed by atoms with van der Waals surface area (Å²) in [5.41, 5.74) is 0. The lowest BCUT2D eigenvalue weighted by Gasteiger charge is -2.19. The molecule has 0 aromatic heterocycles. The normalized spacial score (nSPS) is 24.4. The minimum atomic E-state index is 0.707. The van der Waals surface area contributed by atoms with E-state index in [1.807, 2.05) is 0 Å². The topological polar surface area (TPSA) is 30.5 Å². The molecule has 1 fully saturated rings. The Hall–Kier alpha value is -0.120. The predicted molar refractivity (Wildman–Crippen MR) is 71.4 cm³/mol. The summed E-state index contributed by atoms with van der Waals surface area (Å²) in [6.07, 6.45) is 7.92. The van der Waals surface area contributed by atoms with Gasteiger partial charge in [-0.1, -0.05) is 19.8 Å². The lowest BCUT2D eigenvalue weighted by atomic mass is 10.0. The molecule has 17 heavy (non-hydrogen) atoms. The Morgan fingerprint density at radius 2 is 2.00 bits per heavy atom. The van der Waals surface area contributed by atoms with Crippen molar-refractivity contribution in [1.29, 1.82) is 0 Å². The molecule has 1 aliphatic rings. The molecule has 0 aromatic carbocycles. The van der Waals surface area contributed by atoms with Gasteiger partial charge in [0.15, 0.2) is 0 Å². The average molecular weight is 243 g/mol. The van der Waals surface area contributed by atoms with Crippen LogP contribution in [0.5, 0.6) is 0 Å². The molecular formula is C14H29NO2. The smallest absolute Gasteiger partial charge is 0.0700 e. The van der Waals surface area contributed by atoms with Gasteiger partial charge in [-0.25, -0.2) is 0 Å². The summed E-state index contributed by atoms with van der Waals surface area (Å²) in [5, 5.41) is 3.70. The number of rotatable bonds is 10. The first-order valence-electron chi connectivity index (χ1n) is 7.18. The van der Waals surface area contributed by atoms with Crippen molar-refractivity contribution in [2.75, 3.05) is 33.5 Å². The van der Waals surface area contributed by atoms with E-state index in [0.29, 0.717) is 6.61 Å². The van der Waals surface area contributed by atoms with Gasteiger partial charge in [0.2, 0.25) is 0 Å². The second kappa shape index (κ2) is 9.86. The van der Waals surface area contributed by atoms with Gasteiger partial charge in [0.05, 0.1) is 13.2 Å². The molecule has 102 valence electrons. The molecule has 0 bridgehead atoms. The van der Waals surface area contributed by atoms with Gasteiger partial charge in [-0.2, -0.15) is 0 Å². The van der Waals surface area contributed by atoms with Crippen LogP contribution in [-0.2, 0) is 9.47 Å². The summed E-state index contributed by atoms with van der Waals surface area (Å²) in [6.45, 7) is 5.76. The summed E-state index contributed by atoms with van der Waals surface area (Å²) in [6, 6.07) is 0.786. The third-order valence-corrected chi connectivity index (χ3v) is 3.74. The van der Waals surface area contributed by atoms with E-state index in [2.05, 4.69) is 12.2 Å². The Labute approximate surface area is 106 Å². The summed E-state index contributed by atoms with van der Waals surface area (Å²) in [5.74, 6) is 0.924. The highest BCUT2D eigenvalue weighted by Gasteiger charge is 2.24. The van der Waals surface area contributed by atoms with Crippen molar-refractivity contribution in [3.8, 4) is 0 Å². The van der Waals surface area contributed by atoms with Crippen LogP contribution in [0.4, 0.5) is 0 Å². The molecule has 2 atom stereocenters. The van der Waals surface area contributed by atoms with Gasteiger partial charge >= 0.3 is 0 Å². The van der Waals surface area contributed by atoms with Gasteiger partial charge < -0.3 is 14.8 Å². The third-order valence-electron chi connectivity index (χ3n) is 3.74. The summed E-state index contributed by atoms with van der Waals surface area (Å²) in [7, 11) is 1.71. The molecule has 0 aliphatic heterocycles. The van der Waals surface area contributed by atoms with Gasteiger partial charge in [0.25, 0.3) is 0 Å². The van der Waals surface area contributed by atoms with Crippen molar-refractivity contribution in [2.45, 2.75) is 51.5 Å². The summed E-state index contributed by atoms with van der Waals surface area (Å²) >= 11 is 0. The third kappa shape index (κ3) is 6.39. The second-order valence-electron chi connectivity index (χ2n) is 4.97. The van der Waals surface area contributed by atoms with Crippen molar-refractivity contribution in [2.24, 2.45) is 5.92 Å². The Bertz CT molecular complexity index is 176. The number of methoxy groups -OCH3 is 1. The minimum Gasteiger partial charge on any atom is -0.382 e. The van der Waals surface area contributed by atoms with Crippen LogP contribution < -0.4 is 5.32 Å². The lowest BCUT2D eigenvalue weighted by molar-refractivity contribution is 0.0687. The molecule has 2 unspecified atom stereocenters. The standard InChI is InChI=1S/C14H29NO2/c1-3-13-7-6-8-14(13)15-9-4-5-10-17-12-11-16-2/h13-15H,3-12H2,1-2H3. The fraction of sp³-hybridized carbons (Fsp3) is 1.00. The molecular weight excluding hydrogens is 214 g/mol. The molecule has 0 spiro atoms. The first-order valence-corrected chi connectivity index (χ1v) is 7.18.